The highest BCUT2D eigenvalue weighted by Gasteiger charge is 2.28. The Kier molecular flexibility index (Phi) is 4.77. The maximum atomic E-state index is 11.6. The van der Waals surface area contributed by atoms with Gasteiger partial charge in [-0.2, -0.15) is 0 Å². The minimum Gasteiger partial charge on any atom is -0.348 e. The van der Waals surface area contributed by atoms with Crippen LogP contribution in [0, 0.1) is 10.1 Å². The van der Waals surface area contributed by atoms with E-state index in [2.05, 4.69) is 20.2 Å². The monoisotopic (exact) mass is 348 g/mol. The lowest BCUT2D eigenvalue weighted by Gasteiger charge is -2.32. The molecule has 1 aromatic heterocycles. The van der Waals surface area contributed by atoms with Gasteiger partial charge in [0.05, 0.1) is 15.6 Å². The average Bonchev–Trinajstić information content (AvgIpc) is 2.57. The van der Waals surface area contributed by atoms with Gasteiger partial charge in [-0.05, 0) is 19.2 Å². The summed E-state index contributed by atoms with van der Waals surface area (Å²) in [7, 11) is 2.02. The first-order chi connectivity index (χ1) is 11.6. The Balaban J connectivity index is 1.97. The van der Waals surface area contributed by atoms with E-state index in [9.17, 15) is 10.1 Å². The van der Waals surface area contributed by atoms with Gasteiger partial charge in [0, 0.05) is 26.2 Å². The van der Waals surface area contributed by atoms with Gasteiger partial charge in [-0.3, -0.25) is 10.1 Å². The number of para-hydroxylation sites is 1. The smallest absolute Gasteiger partial charge is 0.348 e. The molecule has 8 nitrogen and oxygen atoms in total. The van der Waals surface area contributed by atoms with Crippen molar-refractivity contribution in [1.82, 2.24) is 14.9 Å². The molecule has 0 unspecified atom stereocenters. The first-order valence-corrected chi connectivity index (χ1v) is 7.88. The van der Waals surface area contributed by atoms with E-state index in [4.69, 9.17) is 11.6 Å². The summed E-state index contributed by atoms with van der Waals surface area (Å²) in [6, 6.07) is 7.03. The van der Waals surface area contributed by atoms with Crippen molar-refractivity contribution < 1.29 is 4.92 Å². The molecule has 0 spiro atoms. The van der Waals surface area contributed by atoms with Gasteiger partial charge in [-0.1, -0.05) is 23.7 Å². The molecule has 1 aromatic carbocycles. The van der Waals surface area contributed by atoms with Gasteiger partial charge in [0.25, 0.3) is 0 Å². The number of halogens is 1. The third-order valence-corrected chi connectivity index (χ3v) is 4.24. The van der Waals surface area contributed by atoms with Crippen LogP contribution in [0.15, 0.2) is 30.6 Å². The molecule has 0 atom stereocenters. The fourth-order valence-corrected chi connectivity index (χ4v) is 2.75. The van der Waals surface area contributed by atoms with Crippen LogP contribution in [-0.4, -0.2) is 53.0 Å². The molecule has 1 aliphatic heterocycles. The molecule has 0 aliphatic carbocycles. The zero-order valence-electron chi connectivity index (χ0n) is 13.1. The number of benzene rings is 1. The quantitative estimate of drug-likeness (QED) is 0.671. The lowest BCUT2D eigenvalue weighted by Crippen LogP contribution is -2.45. The average molecular weight is 349 g/mol. The third-order valence-electron chi connectivity index (χ3n) is 3.92. The van der Waals surface area contributed by atoms with Gasteiger partial charge in [-0.15, -0.1) is 0 Å². The largest absolute Gasteiger partial charge is 0.353 e. The predicted octanol–water partition coefficient (Wildman–Crippen LogP) is 2.53. The van der Waals surface area contributed by atoms with Crippen LogP contribution >= 0.6 is 11.6 Å². The molecule has 3 rings (SSSR count). The molecule has 1 saturated heterocycles. The number of nitrogens with zero attached hydrogens (tertiary/aromatic N) is 5. The Bertz CT molecular complexity index is 748. The summed E-state index contributed by atoms with van der Waals surface area (Å²) < 4.78 is 0. The number of aromatic nitrogens is 2. The molecule has 1 N–H and O–H groups in total. The molecule has 2 aromatic rings. The second kappa shape index (κ2) is 6.98. The van der Waals surface area contributed by atoms with Crippen LogP contribution in [0.25, 0.3) is 0 Å². The normalized spacial score (nSPS) is 15.3. The van der Waals surface area contributed by atoms with Crippen molar-refractivity contribution in [1.29, 1.82) is 0 Å². The third kappa shape index (κ3) is 3.39. The molecule has 1 aliphatic rings. The van der Waals surface area contributed by atoms with Gasteiger partial charge in [0.15, 0.2) is 0 Å². The molecule has 0 saturated carbocycles. The number of nitrogens with one attached hydrogen (secondary N) is 1. The van der Waals surface area contributed by atoms with E-state index in [0.717, 1.165) is 13.1 Å². The van der Waals surface area contributed by atoms with E-state index in [1.165, 1.54) is 6.33 Å². The standard InChI is InChI=1S/C15H17ClN6O2/c1-20-6-8-21(9-7-20)15-13(22(23)24)14(17-10-18-15)19-12-5-3-2-4-11(12)16/h2-5,10H,6-9H2,1H3,(H,17,18,19). The minimum atomic E-state index is -0.452. The van der Waals surface area contributed by atoms with Crippen molar-refractivity contribution in [2.24, 2.45) is 0 Å². The molecule has 1 fully saturated rings. The summed E-state index contributed by atoms with van der Waals surface area (Å²) >= 11 is 6.12. The summed E-state index contributed by atoms with van der Waals surface area (Å²) in [5.74, 6) is 0.467. The number of piperazine rings is 1. The molecule has 2 heterocycles. The SMILES string of the molecule is CN1CCN(c2ncnc(Nc3ccccc3Cl)c2[N+](=O)[O-])CC1. The minimum absolute atomic E-state index is 0.136. The second-order valence-corrected chi connectivity index (χ2v) is 5.95. The number of hydrogen-bond donors (Lipinski definition) is 1. The summed E-state index contributed by atoms with van der Waals surface area (Å²) in [5, 5.41) is 15.1. The van der Waals surface area contributed by atoms with Gasteiger partial charge in [0.1, 0.15) is 6.33 Å². The second-order valence-electron chi connectivity index (χ2n) is 5.55. The fourth-order valence-electron chi connectivity index (χ4n) is 2.57. The van der Waals surface area contributed by atoms with Crippen molar-refractivity contribution in [2.45, 2.75) is 0 Å². The highest BCUT2D eigenvalue weighted by Crippen LogP contribution is 2.35. The maximum absolute atomic E-state index is 11.6. The lowest BCUT2D eigenvalue weighted by molar-refractivity contribution is -0.383. The van der Waals surface area contributed by atoms with Crippen molar-refractivity contribution in [3.8, 4) is 0 Å². The summed E-state index contributed by atoms with van der Waals surface area (Å²) in [6.45, 7) is 3.02. The Labute approximate surface area is 144 Å². The summed E-state index contributed by atoms with van der Waals surface area (Å²) in [5.41, 5.74) is 0.423. The molecule has 24 heavy (non-hydrogen) atoms. The molecule has 0 bridgehead atoms. The number of hydrogen-bond acceptors (Lipinski definition) is 7. The van der Waals surface area contributed by atoms with Gasteiger partial charge >= 0.3 is 5.69 Å². The maximum Gasteiger partial charge on any atom is 0.353 e. The van der Waals surface area contributed by atoms with Crippen molar-refractivity contribution in [3.63, 3.8) is 0 Å². The van der Waals surface area contributed by atoms with Gasteiger partial charge in [0.2, 0.25) is 11.6 Å². The molecule has 126 valence electrons. The van der Waals surface area contributed by atoms with E-state index in [0.29, 0.717) is 29.6 Å². The van der Waals surface area contributed by atoms with E-state index in [-0.39, 0.29) is 11.5 Å². The van der Waals surface area contributed by atoms with Crippen LogP contribution in [0.3, 0.4) is 0 Å². The van der Waals surface area contributed by atoms with Crippen LogP contribution in [0.5, 0.6) is 0 Å². The highest BCUT2D eigenvalue weighted by atomic mass is 35.5. The van der Waals surface area contributed by atoms with Crippen molar-refractivity contribution >= 4 is 34.6 Å². The Morgan fingerprint density at radius 1 is 1.21 bits per heavy atom. The zero-order chi connectivity index (χ0) is 17.1. The predicted molar refractivity (Wildman–Crippen MR) is 93.1 cm³/mol. The van der Waals surface area contributed by atoms with Crippen LogP contribution < -0.4 is 10.2 Å². The molecule has 0 radical (unpaired) electrons. The highest BCUT2D eigenvalue weighted by molar-refractivity contribution is 6.33. The molecular weight excluding hydrogens is 332 g/mol. The fraction of sp³-hybridized carbons (Fsp3) is 0.333. The van der Waals surface area contributed by atoms with Crippen LogP contribution in [0.1, 0.15) is 0 Å². The Morgan fingerprint density at radius 3 is 2.58 bits per heavy atom. The van der Waals surface area contributed by atoms with Crippen LogP contribution in [0.2, 0.25) is 5.02 Å². The van der Waals surface area contributed by atoms with Gasteiger partial charge in [-0.25, -0.2) is 9.97 Å². The van der Waals surface area contributed by atoms with Gasteiger partial charge < -0.3 is 15.1 Å². The summed E-state index contributed by atoms with van der Waals surface area (Å²) in [4.78, 5) is 23.5. The zero-order valence-corrected chi connectivity index (χ0v) is 13.9. The number of likely N-dealkylation sites (N-methyl/N-ethyl adjacent to an activating group) is 1. The van der Waals surface area contributed by atoms with Crippen molar-refractivity contribution in [3.05, 3.63) is 45.7 Å². The van der Waals surface area contributed by atoms with Crippen LogP contribution in [-0.2, 0) is 0 Å². The van der Waals surface area contributed by atoms with E-state index >= 15 is 0 Å². The first-order valence-electron chi connectivity index (χ1n) is 7.50. The van der Waals surface area contributed by atoms with E-state index in [1.54, 1.807) is 24.3 Å². The van der Waals surface area contributed by atoms with Crippen LogP contribution in [0.4, 0.5) is 23.0 Å². The Hall–Kier alpha value is -2.45. The number of rotatable bonds is 4. The first kappa shape index (κ1) is 16.4. The lowest BCUT2D eigenvalue weighted by atomic mass is 10.3. The van der Waals surface area contributed by atoms with E-state index in [1.807, 2.05) is 11.9 Å². The summed E-state index contributed by atoms with van der Waals surface area (Å²) in [6.07, 6.45) is 1.33. The molecule has 0 amide bonds. The number of anilines is 3. The molecule has 9 heteroatoms. The van der Waals surface area contributed by atoms with E-state index < -0.39 is 4.92 Å². The number of nitro groups is 1. The Morgan fingerprint density at radius 2 is 1.92 bits per heavy atom. The van der Waals surface area contributed by atoms with Crippen molar-refractivity contribution in [2.75, 3.05) is 43.4 Å². The topological polar surface area (TPSA) is 87.4 Å². The molecular formula is C15H17ClN6O2.